The van der Waals surface area contributed by atoms with E-state index < -0.39 is 0 Å². The van der Waals surface area contributed by atoms with Gasteiger partial charge in [-0.15, -0.1) is 12.4 Å². The van der Waals surface area contributed by atoms with Crippen LogP contribution in [0.25, 0.3) is 0 Å². The summed E-state index contributed by atoms with van der Waals surface area (Å²) in [6.07, 6.45) is 1.23. The molecule has 6 heteroatoms. The molecule has 2 aliphatic heterocycles. The molecule has 0 saturated carbocycles. The van der Waals surface area contributed by atoms with E-state index in [1.54, 1.807) is 24.3 Å². The molecular formula is C17H26ClN3O2. The molecule has 2 saturated heterocycles. The van der Waals surface area contributed by atoms with E-state index in [4.69, 9.17) is 0 Å². The van der Waals surface area contributed by atoms with Gasteiger partial charge in [-0.2, -0.15) is 0 Å². The van der Waals surface area contributed by atoms with E-state index in [0.29, 0.717) is 11.0 Å². The lowest BCUT2D eigenvalue weighted by Crippen LogP contribution is -2.51. The zero-order valence-electron chi connectivity index (χ0n) is 13.6. The maximum atomic E-state index is 12.5. The number of carbonyl (C=O) groups is 1. The summed E-state index contributed by atoms with van der Waals surface area (Å²) in [7, 11) is 0. The largest absolute Gasteiger partial charge is 0.508 e. The highest BCUT2D eigenvalue weighted by Gasteiger charge is 2.32. The maximum Gasteiger partial charge on any atom is 0.254 e. The van der Waals surface area contributed by atoms with Crippen molar-refractivity contribution in [2.75, 3.05) is 45.8 Å². The minimum Gasteiger partial charge on any atom is -0.508 e. The number of amides is 1. The molecule has 1 unspecified atom stereocenters. The van der Waals surface area contributed by atoms with Crippen molar-refractivity contribution in [1.82, 2.24) is 15.1 Å². The molecule has 2 N–H and O–H groups in total. The quantitative estimate of drug-likeness (QED) is 0.877. The summed E-state index contributed by atoms with van der Waals surface area (Å²) in [6.45, 7) is 9.05. The Morgan fingerprint density at radius 2 is 2.04 bits per heavy atom. The van der Waals surface area contributed by atoms with Gasteiger partial charge in [-0.25, -0.2) is 0 Å². The number of rotatable bonds is 3. The molecule has 2 aliphatic rings. The highest BCUT2D eigenvalue weighted by atomic mass is 35.5. The predicted molar refractivity (Wildman–Crippen MR) is 93.3 cm³/mol. The van der Waals surface area contributed by atoms with Gasteiger partial charge in [-0.1, -0.05) is 13.0 Å². The van der Waals surface area contributed by atoms with Crippen LogP contribution < -0.4 is 5.32 Å². The lowest BCUT2D eigenvalue weighted by atomic mass is 9.89. The Morgan fingerprint density at radius 1 is 1.30 bits per heavy atom. The summed E-state index contributed by atoms with van der Waals surface area (Å²) in [5.41, 5.74) is 0.942. The second kappa shape index (κ2) is 7.51. The molecular weight excluding hydrogens is 314 g/mol. The maximum absolute atomic E-state index is 12.5. The fraction of sp³-hybridized carbons (Fsp3) is 0.588. The molecule has 128 valence electrons. The number of carbonyl (C=O) groups excluding carboxylic acids is 1. The number of hydrogen-bond donors (Lipinski definition) is 2. The molecule has 1 amide bonds. The van der Waals surface area contributed by atoms with Crippen LogP contribution in [0.5, 0.6) is 5.75 Å². The average molecular weight is 340 g/mol. The summed E-state index contributed by atoms with van der Waals surface area (Å²) in [5, 5.41) is 12.9. The van der Waals surface area contributed by atoms with Crippen LogP contribution >= 0.6 is 12.4 Å². The number of nitrogens with zero attached hydrogens (tertiary/aromatic N) is 2. The van der Waals surface area contributed by atoms with Crippen LogP contribution in [-0.4, -0.2) is 66.6 Å². The van der Waals surface area contributed by atoms with Crippen molar-refractivity contribution in [3.63, 3.8) is 0 Å². The molecule has 2 heterocycles. The zero-order chi connectivity index (χ0) is 15.6. The van der Waals surface area contributed by atoms with Gasteiger partial charge in [0.15, 0.2) is 0 Å². The SMILES string of the molecule is CC1(CN2CCN(C(=O)c3cccc(O)c3)CC2)CCNC1.Cl. The van der Waals surface area contributed by atoms with E-state index in [1.165, 1.54) is 6.42 Å². The first-order chi connectivity index (χ1) is 10.6. The molecule has 1 aromatic carbocycles. The van der Waals surface area contributed by atoms with E-state index >= 15 is 0 Å². The number of halogens is 1. The number of phenols is 1. The number of piperazine rings is 1. The number of hydrogen-bond acceptors (Lipinski definition) is 4. The summed E-state index contributed by atoms with van der Waals surface area (Å²) in [6, 6.07) is 6.61. The third-order valence-corrected chi connectivity index (χ3v) is 4.82. The Kier molecular flexibility index (Phi) is 5.89. The molecule has 0 radical (unpaired) electrons. The normalized spacial score (nSPS) is 25.2. The van der Waals surface area contributed by atoms with Crippen molar-refractivity contribution >= 4 is 18.3 Å². The van der Waals surface area contributed by atoms with Gasteiger partial charge in [0.25, 0.3) is 5.91 Å². The molecule has 1 aromatic rings. The van der Waals surface area contributed by atoms with E-state index in [9.17, 15) is 9.90 Å². The van der Waals surface area contributed by atoms with E-state index in [2.05, 4.69) is 17.1 Å². The van der Waals surface area contributed by atoms with Crippen molar-refractivity contribution in [1.29, 1.82) is 0 Å². The van der Waals surface area contributed by atoms with Gasteiger partial charge >= 0.3 is 0 Å². The molecule has 5 nitrogen and oxygen atoms in total. The Hall–Kier alpha value is -1.30. The number of nitrogens with one attached hydrogen (secondary N) is 1. The van der Waals surface area contributed by atoms with Crippen LogP contribution in [0.4, 0.5) is 0 Å². The van der Waals surface area contributed by atoms with Gasteiger partial charge < -0.3 is 15.3 Å². The number of phenolic OH excluding ortho intramolecular Hbond substituents is 1. The molecule has 3 rings (SSSR count). The first kappa shape index (κ1) is 18.0. The van der Waals surface area contributed by atoms with Crippen molar-refractivity contribution in [2.45, 2.75) is 13.3 Å². The van der Waals surface area contributed by atoms with Crippen molar-refractivity contribution in [2.24, 2.45) is 5.41 Å². The van der Waals surface area contributed by atoms with Crippen LogP contribution in [0, 0.1) is 5.41 Å². The van der Waals surface area contributed by atoms with Crippen LogP contribution in [0.2, 0.25) is 0 Å². The minimum absolute atomic E-state index is 0. The van der Waals surface area contributed by atoms with Gasteiger partial charge in [-0.3, -0.25) is 9.69 Å². The summed E-state index contributed by atoms with van der Waals surface area (Å²) in [5.74, 6) is 0.162. The second-order valence-electron chi connectivity index (χ2n) is 6.86. The molecule has 0 bridgehead atoms. The molecule has 1 atom stereocenters. The van der Waals surface area contributed by atoms with Gasteiger partial charge in [0.05, 0.1) is 0 Å². The Morgan fingerprint density at radius 3 is 2.65 bits per heavy atom. The molecule has 0 aliphatic carbocycles. The summed E-state index contributed by atoms with van der Waals surface area (Å²) < 4.78 is 0. The van der Waals surface area contributed by atoms with Crippen LogP contribution in [-0.2, 0) is 0 Å². The fourth-order valence-corrected chi connectivity index (χ4v) is 3.47. The molecule has 2 fully saturated rings. The lowest BCUT2D eigenvalue weighted by Gasteiger charge is -2.38. The first-order valence-corrected chi connectivity index (χ1v) is 8.07. The third-order valence-electron chi connectivity index (χ3n) is 4.82. The van der Waals surface area contributed by atoms with Crippen LogP contribution in [0.1, 0.15) is 23.7 Å². The van der Waals surface area contributed by atoms with E-state index in [0.717, 1.165) is 45.8 Å². The average Bonchev–Trinajstić information content (AvgIpc) is 2.93. The Labute approximate surface area is 144 Å². The van der Waals surface area contributed by atoms with Crippen molar-refractivity contribution in [3.8, 4) is 5.75 Å². The van der Waals surface area contributed by atoms with Gasteiger partial charge in [-0.05, 0) is 36.6 Å². The standard InChI is InChI=1S/C17H25N3O2.ClH/c1-17(5-6-18-12-17)13-19-7-9-20(10-8-19)16(22)14-3-2-4-15(21)11-14;/h2-4,11,18,21H,5-10,12-13H2,1H3;1H. The highest BCUT2D eigenvalue weighted by molar-refractivity contribution is 5.94. The number of aromatic hydroxyl groups is 1. The predicted octanol–water partition coefficient (Wildman–Crippen LogP) is 1.57. The molecule has 0 aromatic heterocycles. The van der Waals surface area contributed by atoms with Crippen molar-refractivity contribution < 1.29 is 9.90 Å². The van der Waals surface area contributed by atoms with Gasteiger partial charge in [0, 0.05) is 44.8 Å². The second-order valence-corrected chi connectivity index (χ2v) is 6.86. The van der Waals surface area contributed by atoms with Crippen LogP contribution in [0.3, 0.4) is 0 Å². The van der Waals surface area contributed by atoms with E-state index in [-0.39, 0.29) is 24.1 Å². The molecule has 23 heavy (non-hydrogen) atoms. The Bertz CT molecular complexity index is 538. The van der Waals surface area contributed by atoms with Crippen LogP contribution in [0.15, 0.2) is 24.3 Å². The molecule has 0 spiro atoms. The lowest BCUT2D eigenvalue weighted by molar-refractivity contribution is 0.0581. The topological polar surface area (TPSA) is 55.8 Å². The minimum atomic E-state index is 0. The van der Waals surface area contributed by atoms with Gasteiger partial charge in [0.2, 0.25) is 0 Å². The highest BCUT2D eigenvalue weighted by Crippen LogP contribution is 2.26. The monoisotopic (exact) mass is 339 g/mol. The smallest absolute Gasteiger partial charge is 0.254 e. The summed E-state index contributed by atoms with van der Waals surface area (Å²) in [4.78, 5) is 16.8. The number of benzene rings is 1. The van der Waals surface area contributed by atoms with Crippen molar-refractivity contribution in [3.05, 3.63) is 29.8 Å². The van der Waals surface area contributed by atoms with E-state index in [1.807, 2.05) is 4.90 Å². The summed E-state index contributed by atoms with van der Waals surface area (Å²) >= 11 is 0. The zero-order valence-corrected chi connectivity index (χ0v) is 14.4. The first-order valence-electron chi connectivity index (χ1n) is 8.07. The Balaban J connectivity index is 0.00000192. The van der Waals surface area contributed by atoms with Gasteiger partial charge in [0.1, 0.15) is 5.75 Å². The fourth-order valence-electron chi connectivity index (χ4n) is 3.47. The third kappa shape index (κ3) is 4.37.